The van der Waals surface area contributed by atoms with Gasteiger partial charge in [0.1, 0.15) is 5.82 Å². The summed E-state index contributed by atoms with van der Waals surface area (Å²) in [5, 5.41) is 2.45. The molecule has 0 saturated heterocycles. The Morgan fingerprint density at radius 1 is 0.850 bits per heavy atom. The van der Waals surface area contributed by atoms with E-state index in [1.807, 2.05) is 12.1 Å². The summed E-state index contributed by atoms with van der Waals surface area (Å²) >= 11 is 0. The van der Waals surface area contributed by atoms with Gasteiger partial charge in [-0.05, 0) is 40.5 Å². The van der Waals surface area contributed by atoms with Gasteiger partial charge in [0.05, 0.1) is 0 Å². The Balaban J connectivity index is 1.91. The molecule has 0 heterocycles. The summed E-state index contributed by atoms with van der Waals surface area (Å²) in [5.41, 5.74) is 8.43. The van der Waals surface area contributed by atoms with Crippen LogP contribution in [-0.2, 0) is 6.42 Å². The highest BCUT2D eigenvalue weighted by Crippen LogP contribution is 2.23. The Hall–Kier alpha value is -2.19. The molecule has 20 heavy (non-hydrogen) atoms. The van der Waals surface area contributed by atoms with E-state index in [-0.39, 0.29) is 11.9 Å². The van der Waals surface area contributed by atoms with Gasteiger partial charge in [0.15, 0.2) is 0 Å². The second-order valence-electron chi connectivity index (χ2n) is 5.00. The molecule has 1 nitrogen and oxygen atoms in total. The molecule has 1 atom stereocenters. The molecule has 2 N–H and O–H groups in total. The molecule has 0 radical (unpaired) electrons. The van der Waals surface area contributed by atoms with E-state index in [1.165, 1.54) is 28.5 Å². The number of rotatable bonds is 3. The molecule has 0 aliphatic heterocycles. The van der Waals surface area contributed by atoms with Crippen LogP contribution in [0.4, 0.5) is 4.39 Å². The van der Waals surface area contributed by atoms with Crippen molar-refractivity contribution in [2.75, 3.05) is 0 Å². The van der Waals surface area contributed by atoms with Crippen molar-refractivity contribution in [3.05, 3.63) is 83.7 Å². The first-order valence-corrected chi connectivity index (χ1v) is 6.72. The fraction of sp³-hybridized carbons (Fsp3) is 0.111. The third-order valence-corrected chi connectivity index (χ3v) is 3.62. The summed E-state index contributed by atoms with van der Waals surface area (Å²) < 4.78 is 12.9. The summed E-state index contributed by atoms with van der Waals surface area (Å²) in [6.45, 7) is 0. The first-order valence-electron chi connectivity index (χ1n) is 6.72. The van der Waals surface area contributed by atoms with Crippen molar-refractivity contribution in [1.29, 1.82) is 0 Å². The Kier molecular flexibility index (Phi) is 3.48. The third-order valence-electron chi connectivity index (χ3n) is 3.62. The monoisotopic (exact) mass is 265 g/mol. The van der Waals surface area contributed by atoms with Crippen LogP contribution in [0.3, 0.4) is 0 Å². The Morgan fingerprint density at radius 3 is 2.35 bits per heavy atom. The molecule has 3 rings (SSSR count). The molecule has 0 saturated carbocycles. The van der Waals surface area contributed by atoms with Crippen LogP contribution < -0.4 is 5.73 Å². The molecule has 3 aromatic rings. The maximum absolute atomic E-state index is 12.9. The van der Waals surface area contributed by atoms with Crippen molar-refractivity contribution in [1.82, 2.24) is 0 Å². The number of halogens is 1. The van der Waals surface area contributed by atoms with Crippen LogP contribution in [0.1, 0.15) is 17.2 Å². The second-order valence-corrected chi connectivity index (χ2v) is 5.00. The maximum Gasteiger partial charge on any atom is 0.123 e. The molecular formula is C18H16FN. The van der Waals surface area contributed by atoms with E-state index in [1.54, 1.807) is 12.1 Å². The summed E-state index contributed by atoms with van der Waals surface area (Å²) in [4.78, 5) is 0. The van der Waals surface area contributed by atoms with Crippen LogP contribution in [0.2, 0.25) is 0 Å². The van der Waals surface area contributed by atoms with Gasteiger partial charge in [0, 0.05) is 6.04 Å². The third kappa shape index (κ3) is 2.56. The normalized spacial score (nSPS) is 12.5. The van der Waals surface area contributed by atoms with E-state index >= 15 is 0 Å². The summed E-state index contributed by atoms with van der Waals surface area (Å²) in [7, 11) is 0. The van der Waals surface area contributed by atoms with E-state index in [0.29, 0.717) is 0 Å². The predicted octanol–water partition coefficient (Wildman–Crippen LogP) is 4.22. The van der Waals surface area contributed by atoms with E-state index < -0.39 is 0 Å². The number of hydrogen-bond acceptors (Lipinski definition) is 1. The average molecular weight is 265 g/mol. The SMILES string of the molecule is NC(Cc1cccc2ccccc12)c1ccc(F)cc1. The quantitative estimate of drug-likeness (QED) is 0.753. The molecule has 100 valence electrons. The van der Waals surface area contributed by atoms with Crippen molar-refractivity contribution < 1.29 is 4.39 Å². The topological polar surface area (TPSA) is 26.0 Å². The molecular weight excluding hydrogens is 249 g/mol. The average Bonchev–Trinajstić information content (AvgIpc) is 2.48. The van der Waals surface area contributed by atoms with Gasteiger partial charge in [-0.1, -0.05) is 54.6 Å². The zero-order valence-electron chi connectivity index (χ0n) is 11.1. The van der Waals surface area contributed by atoms with Gasteiger partial charge in [-0.3, -0.25) is 0 Å². The van der Waals surface area contributed by atoms with Gasteiger partial charge in [-0.25, -0.2) is 4.39 Å². The van der Waals surface area contributed by atoms with Crippen LogP contribution >= 0.6 is 0 Å². The van der Waals surface area contributed by atoms with Gasteiger partial charge >= 0.3 is 0 Å². The molecule has 0 bridgehead atoms. The fourth-order valence-corrected chi connectivity index (χ4v) is 2.54. The second kappa shape index (κ2) is 5.43. The van der Waals surface area contributed by atoms with Gasteiger partial charge in [-0.2, -0.15) is 0 Å². The molecule has 0 aliphatic carbocycles. The molecule has 0 amide bonds. The highest BCUT2D eigenvalue weighted by atomic mass is 19.1. The van der Waals surface area contributed by atoms with Crippen molar-refractivity contribution in [2.45, 2.75) is 12.5 Å². The predicted molar refractivity (Wildman–Crippen MR) is 81.0 cm³/mol. The van der Waals surface area contributed by atoms with Crippen molar-refractivity contribution >= 4 is 10.8 Å². The number of nitrogens with two attached hydrogens (primary N) is 1. The number of fused-ring (bicyclic) bond motifs is 1. The Morgan fingerprint density at radius 2 is 1.55 bits per heavy atom. The zero-order chi connectivity index (χ0) is 13.9. The van der Waals surface area contributed by atoms with E-state index in [2.05, 4.69) is 30.3 Å². The highest BCUT2D eigenvalue weighted by molar-refractivity contribution is 5.85. The highest BCUT2D eigenvalue weighted by Gasteiger charge is 2.09. The van der Waals surface area contributed by atoms with Crippen LogP contribution in [0.15, 0.2) is 66.7 Å². The lowest BCUT2D eigenvalue weighted by Crippen LogP contribution is -2.13. The summed E-state index contributed by atoms with van der Waals surface area (Å²) in [6.07, 6.45) is 0.743. The molecule has 0 aliphatic rings. The lowest BCUT2D eigenvalue weighted by molar-refractivity contribution is 0.624. The van der Waals surface area contributed by atoms with Crippen molar-refractivity contribution in [3.8, 4) is 0 Å². The molecule has 3 aromatic carbocycles. The minimum atomic E-state index is -0.230. The first-order chi connectivity index (χ1) is 9.74. The minimum Gasteiger partial charge on any atom is -0.324 e. The van der Waals surface area contributed by atoms with E-state index in [9.17, 15) is 4.39 Å². The summed E-state index contributed by atoms with van der Waals surface area (Å²) in [5.74, 6) is -0.230. The molecule has 2 heteroatoms. The van der Waals surface area contributed by atoms with Crippen molar-refractivity contribution in [3.63, 3.8) is 0 Å². The molecule has 0 fully saturated rings. The molecule has 0 aromatic heterocycles. The van der Waals surface area contributed by atoms with Gasteiger partial charge < -0.3 is 5.73 Å². The fourth-order valence-electron chi connectivity index (χ4n) is 2.54. The molecule has 1 unspecified atom stereocenters. The van der Waals surface area contributed by atoms with Crippen LogP contribution in [0.25, 0.3) is 10.8 Å². The first kappa shape index (κ1) is 12.8. The largest absolute Gasteiger partial charge is 0.324 e. The standard InChI is InChI=1S/C18H16FN/c19-16-10-8-14(9-11-16)18(20)12-15-6-3-5-13-4-1-2-7-17(13)15/h1-11,18H,12,20H2. The van der Waals surface area contributed by atoms with Gasteiger partial charge in [-0.15, -0.1) is 0 Å². The zero-order valence-corrected chi connectivity index (χ0v) is 11.1. The van der Waals surface area contributed by atoms with E-state index in [0.717, 1.165) is 12.0 Å². The smallest absolute Gasteiger partial charge is 0.123 e. The lowest BCUT2D eigenvalue weighted by atomic mass is 9.95. The molecule has 0 spiro atoms. The lowest BCUT2D eigenvalue weighted by Gasteiger charge is -2.14. The van der Waals surface area contributed by atoms with Gasteiger partial charge in [0.2, 0.25) is 0 Å². The Bertz CT molecular complexity index is 714. The maximum atomic E-state index is 12.9. The Labute approximate surface area is 117 Å². The van der Waals surface area contributed by atoms with Crippen LogP contribution in [0, 0.1) is 5.82 Å². The minimum absolute atomic E-state index is 0.124. The van der Waals surface area contributed by atoms with Crippen molar-refractivity contribution in [2.24, 2.45) is 5.73 Å². The van der Waals surface area contributed by atoms with Gasteiger partial charge in [0.25, 0.3) is 0 Å². The van der Waals surface area contributed by atoms with Crippen LogP contribution in [0.5, 0.6) is 0 Å². The van der Waals surface area contributed by atoms with Crippen LogP contribution in [-0.4, -0.2) is 0 Å². The number of hydrogen-bond donors (Lipinski definition) is 1. The summed E-state index contributed by atoms with van der Waals surface area (Å²) in [6, 6.07) is 20.8. The number of benzene rings is 3. The van der Waals surface area contributed by atoms with E-state index in [4.69, 9.17) is 5.73 Å².